The minimum atomic E-state index is 0.161. The van der Waals surface area contributed by atoms with Gasteiger partial charge in [-0.1, -0.05) is 6.07 Å². The van der Waals surface area contributed by atoms with Gasteiger partial charge in [0.15, 0.2) is 5.96 Å². The fraction of sp³-hybridized carbons (Fsp3) is 0.625. The lowest BCUT2D eigenvalue weighted by Crippen LogP contribution is -2.38. The number of hydrogen-bond acceptors (Lipinski definition) is 3. The molecule has 1 aromatic heterocycles. The molecule has 0 radical (unpaired) electrons. The van der Waals surface area contributed by atoms with Crippen molar-refractivity contribution in [2.75, 3.05) is 19.6 Å². The van der Waals surface area contributed by atoms with Crippen molar-refractivity contribution in [2.45, 2.75) is 45.1 Å². The number of nitrogens with one attached hydrogen (secondary N) is 3. The predicted octanol–water partition coefficient (Wildman–Crippen LogP) is 1.90. The third-order valence-electron chi connectivity index (χ3n) is 3.36. The van der Waals surface area contributed by atoms with Gasteiger partial charge in [-0.3, -0.25) is 9.79 Å². The molecule has 1 aliphatic rings. The molecule has 0 atom stereocenters. The molecular weight excluding hydrogens is 296 g/mol. The molecule has 2 rings (SSSR count). The summed E-state index contributed by atoms with van der Waals surface area (Å²) in [5.41, 5.74) is 0. The number of carbonyl (C=O) groups excluding carboxylic acids is 1. The van der Waals surface area contributed by atoms with E-state index < -0.39 is 0 Å². The lowest BCUT2D eigenvalue weighted by molar-refractivity contribution is -0.121. The van der Waals surface area contributed by atoms with Crippen LogP contribution in [0.15, 0.2) is 22.5 Å². The summed E-state index contributed by atoms with van der Waals surface area (Å²) in [6, 6.07) is 4.67. The maximum atomic E-state index is 11.6. The van der Waals surface area contributed by atoms with Crippen LogP contribution in [0.5, 0.6) is 0 Å². The summed E-state index contributed by atoms with van der Waals surface area (Å²) >= 11 is 1.78. The van der Waals surface area contributed by atoms with E-state index in [9.17, 15) is 4.79 Å². The quantitative estimate of drug-likeness (QED) is 0.370. The number of nitrogens with zero attached hydrogens (tertiary/aromatic N) is 1. The average molecular weight is 322 g/mol. The summed E-state index contributed by atoms with van der Waals surface area (Å²) in [5.74, 6) is 0.995. The highest BCUT2D eigenvalue weighted by Gasteiger charge is 2.22. The van der Waals surface area contributed by atoms with Crippen molar-refractivity contribution >= 4 is 23.2 Å². The second-order valence-electron chi connectivity index (χ2n) is 5.46. The number of rotatable bonds is 9. The van der Waals surface area contributed by atoms with Gasteiger partial charge in [0.1, 0.15) is 0 Å². The monoisotopic (exact) mass is 322 g/mol. The number of hydrogen-bond donors (Lipinski definition) is 3. The number of thiophene rings is 1. The minimum absolute atomic E-state index is 0.161. The molecule has 3 N–H and O–H groups in total. The van der Waals surface area contributed by atoms with Gasteiger partial charge in [0.25, 0.3) is 0 Å². The molecule has 1 aliphatic carbocycles. The van der Waals surface area contributed by atoms with E-state index in [-0.39, 0.29) is 5.91 Å². The lowest BCUT2D eigenvalue weighted by Gasteiger charge is -2.10. The Labute approximate surface area is 136 Å². The van der Waals surface area contributed by atoms with E-state index in [1.165, 1.54) is 4.88 Å². The van der Waals surface area contributed by atoms with Crippen LogP contribution >= 0.6 is 11.3 Å². The Hall–Kier alpha value is -1.56. The van der Waals surface area contributed by atoms with Gasteiger partial charge >= 0.3 is 0 Å². The van der Waals surface area contributed by atoms with Crippen molar-refractivity contribution in [3.05, 3.63) is 22.4 Å². The van der Waals surface area contributed by atoms with E-state index in [1.54, 1.807) is 11.3 Å². The molecular formula is C16H26N4OS. The molecule has 0 aromatic carbocycles. The van der Waals surface area contributed by atoms with Crippen LogP contribution in [-0.4, -0.2) is 37.5 Å². The van der Waals surface area contributed by atoms with Gasteiger partial charge in [-0.15, -0.1) is 11.3 Å². The van der Waals surface area contributed by atoms with Gasteiger partial charge in [0, 0.05) is 37.0 Å². The summed E-state index contributed by atoms with van der Waals surface area (Å²) in [4.78, 5) is 17.5. The zero-order valence-electron chi connectivity index (χ0n) is 13.2. The maximum Gasteiger partial charge on any atom is 0.220 e. The third kappa shape index (κ3) is 6.93. The minimum Gasteiger partial charge on any atom is -0.357 e. The fourth-order valence-electron chi connectivity index (χ4n) is 2.06. The first-order valence-corrected chi connectivity index (χ1v) is 9.00. The summed E-state index contributed by atoms with van der Waals surface area (Å²) in [5, 5.41) is 11.7. The zero-order valence-corrected chi connectivity index (χ0v) is 14.0. The summed E-state index contributed by atoms with van der Waals surface area (Å²) in [6.45, 7) is 4.44. The van der Waals surface area contributed by atoms with Crippen molar-refractivity contribution in [3.8, 4) is 0 Å². The van der Waals surface area contributed by atoms with Gasteiger partial charge in [0.05, 0.1) is 0 Å². The van der Waals surface area contributed by atoms with Crippen molar-refractivity contribution in [2.24, 2.45) is 4.99 Å². The van der Waals surface area contributed by atoms with Crippen LogP contribution in [0.1, 0.15) is 37.5 Å². The Morgan fingerprint density at radius 1 is 1.41 bits per heavy atom. The van der Waals surface area contributed by atoms with E-state index in [1.807, 2.05) is 0 Å². The molecule has 22 heavy (non-hydrogen) atoms. The smallest absolute Gasteiger partial charge is 0.220 e. The van der Waals surface area contributed by atoms with Crippen LogP contribution in [0.3, 0.4) is 0 Å². The van der Waals surface area contributed by atoms with Crippen LogP contribution in [0, 0.1) is 0 Å². The topological polar surface area (TPSA) is 65.5 Å². The summed E-state index contributed by atoms with van der Waals surface area (Å²) in [7, 11) is 0. The second-order valence-corrected chi connectivity index (χ2v) is 6.49. The molecule has 6 heteroatoms. The molecule has 1 aromatic rings. The van der Waals surface area contributed by atoms with Gasteiger partial charge < -0.3 is 16.0 Å². The number of guanidine groups is 1. The first-order chi connectivity index (χ1) is 10.8. The lowest BCUT2D eigenvalue weighted by atomic mass is 10.3. The Morgan fingerprint density at radius 2 is 2.27 bits per heavy atom. The molecule has 1 amide bonds. The molecule has 0 bridgehead atoms. The highest BCUT2D eigenvalue weighted by atomic mass is 32.1. The SMILES string of the molecule is CCNC(=NCCCC(=O)NC1CC1)NCCc1cccs1. The summed E-state index contributed by atoms with van der Waals surface area (Å²) < 4.78 is 0. The third-order valence-corrected chi connectivity index (χ3v) is 4.30. The van der Waals surface area contributed by atoms with E-state index in [2.05, 4.69) is 45.4 Å². The molecule has 0 aliphatic heterocycles. The Morgan fingerprint density at radius 3 is 2.95 bits per heavy atom. The molecule has 5 nitrogen and oxygen atoms in total. The zero-order chi connectivity index (χ0) is 15.6. The Bertz CT molecular complexity index is 469. The van der Waals surface area contributed by atoms with Gasteiger partial charge in [0.2, 0.25) is 5.91 Å². The van der Waals surface area contributed by atoms with Crippen molar-refractivity contribution in [3.63, 3.8) is 0 Å². The van der Waals surface area contributed by atoms with Crippen LogP contribution in [0.25, 0.3) is 0 Å². The average Bonchev–Trinajstić information content (AvgIpc) is 3.15. The summed E-state index contributed by atoms with van der Waals surface area (Å²) in [6.07, 6.45) is 4.64. The highest BCUT2D eigenvalue weighted by Crippen LogP contribution is 2.18. The van der Waals surface area contributed by atoms with Crippen molar-refractivity contribution in [1.82, 2.24) is 16.0 Å². The Kier molecular flexibility index (Phi) is 7.22. The molecule has 0 spiro atoms. The second kappa shape index (κ2) is 9.46. The number of carbonyl (C=O) groups is 1. The van der Waals surface area contributed by atoms with Gasteiger partial charge in [-0.05, 0) is 44.1 Å². The van der Waals surface area contributed by atoms with Crippen LogP contribution in [0.2, 0.25) is 0 Å². The molecule has 1 saturated carbocycles. The number of aliphatic imine (C=N–C) groups is 1. The standard InChI is InChI=1S/C16H26N4OS/c1-2-17-16(19-11-9-14-5-4-12-22-14)18-10-3-6-15(21)20-13-7-8-13/h4-5,12-13H,2-3,6-11H2,1H3,(H,20,21)(H2,17,18,19). The van der Waals surface area contributed by atoms with Crippen LogP contribution < -0.4 is 16.0 Å². The normalized spacial score (nSPS) is 14.7. The van der Waals surface area contributed by atoms with E-state index in [4.69, 9.17) is 0 Å². The maximum absolute atomic E-state index is 11.6. The highest BCUT2D eigenvalue weighted by molar-refractivity contribution is 7.09. The van der Waals surface area contributed by atoms with Crippen LogP contribution in [-0.2, 0) is 11.2 Å². The molecule has 1 heterocycles. The van der Waals surface area contributed by atoms with Crippen molar-refractivity contribution in [1.29, 1.82) is 0 Å². The van der Waals surface area contributed by atoms with E-state index in [0.717, 1.165) is 44.7 Å². The van der Waals surface area contributed by atoms with Crippen LogP contribution in [0.4, 0.5) is 0 Å². The fourth-order valence-corrected chi connectivity index (χ4v) is 2.77. The van der Waals surface area contributed by atoms with Gasteiger partial charge in [-0.2, -0.15) is 0 Å². The first kappa shape index (κ1) is 16.8. The van der Waals surface area contributed by atoms with Crippen molar-refractivity contribution < 1.29 is 4.79 Å². The molecule has 1 fully saturated rings. The largest absolute Gasteiger partial charge is 0.357 e. The number of amides is 1. The molecule has 0 unspecified atom stereocenters. The predicted molar refractivity (Wildman–Crippen MR) is 92.4 cm³/mol. The molecule has 0 saturated heterocycles. The molecule has 122 valence electrons. The van der Waals surface area contributed by atoms with E-state index >= 15 is 0 Å². The Balaban J connectivity index is 1.61. The first-order valence-electron chi connectivity index (χ1n) is 8.12. The van der Waals surface area contributed by atoms with E-state index in [0.29, 0.717) is 19.0 Å². The van der Waals surface area contributed by atoms with Gasteiger partial charge in [-0.25, -0.2) is 0 Å².